The molecule has 0 spiro atoms. The van der Waals surface area contributed by atoms with E-state index in [1.54, 1.807) is 46.6 Å². The van der Waals surface area contributed by atoms with Crippen LogP contribution in [0.4, 0.5) is 4.79 Å². The highest BCUT2D eigenvalue weighted by molar-refractivity contribution is 5.85. The largest absolute Gasteiger partial charge is 0.444 e. The summed E-state index contributed by atoms with van der Waals surface area (Å²) < 4.78 is 5.32. The van der Waals surface area contributed by atoms with Crippen LogP contribution in [0.3, 0.4) is 0 Å². The van der Waals surface area contributed by atoms with Crippen LogP contribution in [0.5, 0.6) is 0 Å². The Balaban J connectivity index is 2.86. The molecule has 1 aromatic carbocycles. The molecule has 0 radical (unpaired) electrons. The molecule has 140 valence electrons. The van der Waals surface area contributed by atoms with Crippen LogP contribution in [-0.4, -0.2) is 58.2 Å². The molecule has 6 nitrogen and oxygen atoms in total. The minimum absolute atomic E-state index is 0.195. The second-order valence-electron chi connectivity index (χ2n) is 7.32. The number of nitrogens with zero attached hydrogens (tertiary/aromatic N) is 2. The van der Waals surface area contributed by atoms with Crippen LogP contribution in [0.1, 0.15) is 40.2 Å². The van der Waals surface area contributed by atoms with Crippen molar-refractivity contribution in [1.29, 1.82) is 0 Å². The third-order valence-corrected chi connectivity index (χ3v) is 3.63. The predicted molar refractivity (Wildman–Crippen MR) is 97.0 cm³/mol. The first-order valence-corrected chi connectivity index (χ1v) is 8.48. The van der Waals surface area contributed by atoms with Gasteiger partial charge in [0.05, 0.1) is 6.10 Å². The molecule has 1 N–H and O–H groups in total. The van der Waals surface area contributed by atoms with Crippen LogP contribution >= 0.6 is 0 Å². The number of aliphatic hydroxyl groups excluding tert-OH is 1. The van der Waals surface area contributed by atoms with Crippen molar-refractivity contribution < 1.29 is 19.4 Å². The van der Waals surface area contributed by atoms with Crippen LogP contribution < -0.4 is 0 Å². The van der Waals surface area contributed by atoms with Gasteiger partial charge >= 0.3 is 6.09 Å². The summed E-state index contributed by atoms with van der Waals surface area (Å²) in [6.07, 6.45) is -1.21. The summed E-state index contributed by atoms with van der Waals surface area (Å²) in [5.41, 5.74) is 0.334. The molecular formula is C19H30N2O4. The molecule has 0 heterocycles. The summed E-state index contributed by atoms with van der Waals surface area (Å²) in [7, 11) is 1.54. The number of carbonyl (C=O) groups is 2. The first-order valence-electron chi connectivity index (χ1n) is 8.48. The smallest absolute Gasteiger partial charge is 0.410 e. The fraction of sp³-hybridized carbons (Fsp3) is 0.579. The molecule has 0 aromatic heterocycles. The van der Waals surface area contributed by atoms with Gasteiger partial charge in [-0.25, -0.2) is 4.79 Å². The zero-order chi connectivity index (χ0) is 19.2. The summed E-state index contributed by atoms with van der Waals surface area (Å²) in [5, 5.41) is 9.73. The number of hydrogen-bond acceptors (Lipinski definition) is 4. The van der Waals surface area contributed by atoms with E-state index in [1.807, 2.05) is 30.3 Å². The van der Waals surface area contributed by atoms with E-state index in [4.69, 9.17) is 4.74 Å². The van der Waals surface area contributed by atoms with Crippen LogP contribution in [-0.2, 0) is 16.1 Å². The Labute approximate surface area is 150 Å². The number of likely N-dealkylation sites (N-methyl/N-ethyl adjacent to an activating group) is 1. The molecule has 0 aliphatic heterocycles. The van der Waals surface area contributed by atoms with E-state index in [-0.39, 0.29) is 12.5 Å². The molecule has 2 amide bonds. The fourth-order valence-electron chi connectivity index (χ4n) is 2.28. The van der Waals surface area contributed by atoms with Gasteiger partial charge in [0.2, 0.25) is 5.91 Å². The molecule has 2 atom stereocenters. The zero-order valence-corrected chi connectivity index (χ0v) is 16.0. The molecule has 0 unspecified atom stereocenters. The van der Waals surface area contributed by atoms with E-state index in [1.165, 1.54) is 4.90 Å². The Morgan fingerprint density at radius 1 is 1.16 bits per heavy atom. The number of aliphatic hydroxyl groups is 1. The Hall–Kier alpha value is -2.08. The van der Waals surface area contributed by atoms with Gasteiger partial charge in [0.25, 0.3) is 0 Å². The second kappa shape index (κ2) is 8.85. The van der Waals surface area contributed by atoms with Gasteiger partial charge in [-0.15, -0.1) is 0 Å². The van der Waals surface area contributed by atoms with Crippen molar-refractivity contribution >= 4 is 12.0 Å². The molecule has 1 rings (SSSR count). The summed E-state index contributed by atoms with van der Waals surface area (Å²) in [6, 6.07) is 8.85. The highest BCUT2D eigenvalue weighted by Gasteiger charge is 2.30. The number of amides is 2. The Morgan fingerprint density at radius 2 is 1.72 bits per heavy atom. The molecular weight excluding hydrogens is 320 g/mol. The van der Waals surface area contributed by atoms with Crippen molar-refractivity contribution in [2.75, 3.05) is 13.6 Å². The molecule has 0 bridgehead atoms. The summed E-state index contributed by atoms with van der Waals surface area (Å²) >= 11 is 0. The maximum Gasteiger partial charge on any atom is 0.410 e. The maximum absolute atomic E-state index is 12.9. The maximum atomic E-state index is 12.9. The van der Waals surface area contributed by atoms with Gasteiger partial charge in [0, 0.05) is 20.1 Å². The highest BCUT2D eigenvalue weighted by atomic mass is 16.6. The molecule has 0 fully saturated rings. The van der Waals surface area contributed by atoms with Crippen LogP contribution in [0.15, 0.2) is 30.3 Å². The lowest BCUT2D eigenvalue weighted by molar-refractivity contribution is -0.137. The van der Waals surface area contributed by atoms with Crippen molar-refractivity contribution in [3.63, 3.8) is 0 Å². The Morgan fingerprint density at radius 3 is 2.20 bits per heavy atom. The quantitative estimate of drug-likeness (QED) is 0.856. The van der Waals surface area contributed by atoms with Gasteiger partial charge in [-0.3, -0.25) is 9.69 Å². The summed E-state index contributed by atoms with van der Waals surface area (Å²) in [4.78, 5) is 27.9. The normalized spacial score (nSPS) is 13.7. The van der Waals surface area contributed by atoms with Crippen LogP contribution in [0.2, 0.25) is 0 Å². The summed E-state index contributed by atoms with van der Waals surface area (Å²) in [5.74, 6) is -0.238. The number of ether oxygens (including phenoxy) is 1. The van der Waals surface area contributed by atoms with E-state index in [2.05, 4.69) is 0 Å². The number of carbonyl (C=O) groups excluding carboxylic acids is 2. The van der Waals surface area contributed by atoms with E-state index < -0.39 is 23.8 Å². The average molecular weight is 350 g/mol. The fourth-order valence-corrected chi connectivity index (χ4v) is 2.28. The van der Waals surface area contributed by atoms with Gasteiger partial charge < -0.3 is 14.7 Å². The van der Waals surface area contributed by atoms with Crippen molar-refractivity contribution in [2.24, 2.45) is 0 Å². The molecule has 25 heavy (non-hydrogen) atoms. The van der Waals surface area contributed by atoms with Gasteiger partial charge in [0.15, 0.2) is 0 Å². The van der Waals surface area contributed by atoms with Crippen molar-refractivity contribution in [2.45, 2.75) is 58.9 Å². The Bertz CT molecular complexity index is 567. The highest BCUT2D eigenvalue weighted by Crippen LogP contribution is 2.14. The zero-order valence-electron chi connectivity index (χ0n) is 16.0. The SMILES string of the molecule is C[C@@H](O)CN(Cc1ccccc1)C(=O)[C@H](C)N(C)C(=O)OC(C)(C)C. The third-order valence-electron chi connectivity index (χ3n) is 3.63. The first kappa shape index (κ1) is 21.0. The van der Waals surface area contributed by atoms with Gasteiger partial charge in [-0.2, -0.15) is 0 Å². The van der Waals surface area contributed by atoms with Crippen LogP contribution in [0.25, 0.3) is 0 Å². The molecule has 1 aromatic rings. The van der Waals surface area contributed by atoms with Gasteiger partial charge in [-0.1, -0.05) is 30.3 Å². The van der Waals surface area contributed by atoms with Crippen molar-refractivity contribution in [3.05, 3.63) is 35.9 Å². The van der Waals surface area contributed by atoms with Gasteiger partial charge in [-0.05, 0) is 40.2 Å². The van der Waals surface area contributed by atoms with E-state index in [0.29, 0.717) is 6.54 Å². The van der Waals surface area contributed by atoms with Crippen LogP contribution in [0, 0.1) is 0 Å². The topological polar surface area (TPSA) is 70.1 Å². The van der Waals surface area contributed by atoms with E-state index >= 15 is 0 Å². The number of benzene rings is 1. The number of hydrogen-bond donors (Lipinski definition) is 1. The van der Waals surface area contributed by atoms with Crippen molar-refractivity contribution in [3.8, 4) is 0 Å². The van der Waals surface area contributed by atoms with E-state index in [0.717, 1.165) is 5.56 Å². The second-order valence-corrected chi connectivity index (χ2v) is 7.32. The van der Waals surface area contributed by atoms with Crippen molar-refractivity contribution in [1.82, 2.24) is 9.80 Å². The average Bonchev–Trinajstić information content (AvgIpc) is 2.51. The van der Waals surface area contributed by atoms with Gasteiger partial charge in [0.1, 0.15) is 11.6 Å². The molecule has 0 saturated heterocycles. The number of rotatable bonds is 6. The standard InChI is InChI=1S/C19H30N2O4/c1-14(22)12-21(13-16-10-8-7-9-11-16)17(23)15(2)20(6)18(24)25-19(3,4)5/h7-11,14-15,22H,12-13H2,1-6H3/t14-,15+/m1/s1. The lowest BCUT2D eigenvalue weighted by Crippen LogP contribution is -2.50. The summed E-state index contributed by atoms with van der Waals surface area (Å²) in [6.45, 7) is 9.19. The molecule has 6 heteroatoms. The predicted octanol–water partition coefficient (Wildman–Crippen LogP) is 2.65. The first-order chi connectivity index (χ1) is 11.5. The molecule has 0 aliphatic rings. The lowest BCUT2D eigenvalue weighted by Gasteiger charge is -2.32. The monoisotopic (exact) mass is 350 g/mol. The Kier molecular flexibility index (Phi) is 7.42. The van der Waals surface area contributed by atoms with E-state index in [9.17, 15) is 14.7 Å². The third kappa shape index (κ3) is 7.13. The minimum Gasteiger partial charge on any atom is -0.444 e. The lowest BCUT2D eigenvalue weighted by atomic mass is 10.1. The molecule has 0 saturated carbocycles. The molecule has 0 aliphatic carbocycles. The minimum atomic E-state index is -0.697.